The number of rotatable bonds is 6. The number of hydrogen-bond acceptors (Lipinski definition) is 3. The molecule has 4 nitrogen and oxygen atoms in total. The number of nitrogens with zero attached hydrogens (tertiary/aromatic N) is 2. The fraction of sp³-hybridized carbons (Fsp3) is 0.600. The van der Waals surface area contributed by atoms with Crippen LogP contribution < -0.4 is 5.73 Å². The van der Waals surface area contributed by atoms with Crippen molar-refractivity contribution in [3.05, 3.63) is 30.1 Å². The van der Waals surface area contributed by atoms with Crippen LogP contribution in [0.15, 0.2) is 24.5 Å². The minimum Gasteiger partial charge on any atom is -0.335 e. The third-order valence-electron chi connectivity index (χ3n) is 4.05. The van der Waals surface area contributed by atoms with E-state index in [4.69, 9.17) is 5.73 Å². The summed E-state index contributed by atoms with van der Waals surface area (Å²) in [6, 6.07) is 4.45. The fourth-order valence-electron chi connectivity index (χ4n) is 2.50. The van der Waals surface area contributed by atoms with Crippen LogP contribution in [-0.2, 0) is 11.3 Å². The second kappa shape index (κ2) is 5.29. The molecule has 0 aliphatic heterocycles. The molecular weight excluding hydrogens is 238 g/mol. The van der Waals surface area contributed by atoms with Gasteiger partial charge in [0.05, 0.1) is 0 Å². The highest BCUT2D eigenvalue weighted by atomic mass is 16.2. The molecule has 0 saturated heterocycles. The zero-order valence-corrected chi connectivity index (χ0v) is 11.2. The number of nitrogens with two attached hydrogens (primary N) is 1. The molecule has 2 aliphatic rings. The third-order valence-corrected chi connectivity index (χ3v) is 4.05. The molecule has 0 radical (unpaired) electrons. The van der Waals surface area contributed by atoms with E-state index in [0.717, 1.165) is 18.4 Å². The first-order valence-electron chi connectivity index (χ1n) is 7.18. The summed E-state index contributed by atoms with van der Waals surface area (Å²) in [5, 5.41) is 0. The van der Waals surface area contributed by atoms with Gasteiger partial charge in [0, 0.05) is 37.4 Å². The smallest absolute Gasteiger partial charge is 0.224 e. The average Bonchev–Trinajstić information content (AvgIpc) is 3.30. The summed E-state index contributed by atoms with van der Waals surface area (Å²) < 4.78 is 0. The summed E-state index contributed by atoms with van der Waals surface area (Å²) >= 11 is 0. The zero-order valence-electron chi connectivity index (χ0n) is 11.2. The van der Waals surface area contributed by atoms with Crippen LogP contribution in [-0.4, -0.2) is 27.9 Å². The van der Waals surface area contributed by atoms with Crippen LogP contribution in [0.5, 0.6) is 0 Å². The first kappa shape index (κ1) is 12.6. The van der Waals surface area contributed by atoms with E-state index in [-0.39, 0.29) is 11.9 Å². The fourth-order valence-corrected chi connectivity index (χ4v) is 2.50. The first-order chi connectivity index (χ1) is 9.24. The minimum atomic E-state index is 0.0613. The Balaban J connectivity index is 1.61. The van der Waals surface area contributed by atoms with E-state index < -0.39 is 0 Å². The maximum atomic E-state index is 12.4. The highest BCUT2D eigenvalue weighted by molar-refractivity contribution is 5.77. The van der Waals surface area contributed by atoms with Crippen molar-refractivity contribution in [1.82, 2.24) is 9.88 Å². The van der Waals surface area contributed by atoms with Crippen LogP contribution in [0.3, 0.4) is 0 Å². The Kier molecular flexibility index (Phi) is 3.51. The average molecular weight is 259 g/mol. The van der Waals surface area contributed by atoms with Crippen LogP contribution in [0.4, 0.5) is 0 Å². The van der Waals surface area contributed by atoms with Crippen molar-refractivity contribution >= 4 is 5.91 Å². The summed E-state index contributed by atoms with van der Waals surface area (Å²) in [6.45, 7) is 0.698. The Morgan fingerprint density at radius 3 is 2.58 bits per heavy atom. The number of carbonyl (C=O) groups is 1. The molecule has 2 fully saturated rings. The van der Waals surface area contributed by atoms with Crippen LogP contribution in [0.2, 0.25) is 0 Å². The van der Waals surface area contributed by atoms with Gasteiger partial charge in [-0.25, -0.2) is 0 Å². The Bertz CT molecular complexity index is 440. The monoisotopic (exact) mass is 259 g/mol. The minimum absolute atomic E-state index is 0.0613. The Morgan fingerprint density at radius 1 is 1.32 bits per heavy atom. The third kappa shape index (κ3) is 3.32. The lowest BCUT2D eigenvalue weighted by Crippen LogP contribution is -2.37. The highest BCUT2D eigenvalue weighted by Gasteiger charge is 2.35. The first-order valence-corrected chi connectivity index (χ1v) is 7.18. The molecule has 1 amide bonds. The van der Waals surface area contributed by atoms with Gasteiger partial charge in [0.2, 0.25) is 5.91 Å². The van der Waals surface area contributed by atoms with Crippen molar-refractivity contribution < 1.29 is 4.79 Å². The molecule has 0 aromatic carbocycles. The van der Waals surface area contributed by atoms with Crippen LogP contribution >= 0.6 is 0 Å². The van der Waals surface area contributed by atoms with E-state index in [0.29, 0.717) is 24.9 Å². The second-order valence-corrected chi connectivity index (χ2v) is 5.81. The molecule has 3 rings (SSSR count). The van der Waals surface area contributed by atoms with Gasteiger partial charge in [0.1, 0.15) is 0 Å². The number of amides is 1. The number of carbonyl (C=O) groups excluding carboxylic acids is 1. The van der Waals surface area contributed by atoms with E-state index in [1.54, 1.807) is 12.4 Å². The summed E-state index contributed by atoms with van der Waals surface area (Å²) in [4.78, 5) is 18.4. The van der Waals surface area contributed by atoms with E-state index >= 15 is 0 Å². The van der Waals surface area contributed by atoms with Crippen molar-refractivity contribution in [2.24, 2.45) is 11.7 Å². The molecule has 1 atom stereocenters. The molecule has 1 unspecified atom stereocenters. The molecule has 19 heavy (non-hydrogen) atoms. The molecule has 1 aromatic rings. The van der Waals surface area contributed by atoms with Gasteiger partial charge >= 0.3 is 0 Å². The molecule has 0 bridgehead atoms. The predicted molar refractivity (Wildman–Crippen MR) is 73.1 cm³/mol. The van der Waals surface area contributed by atoms with Crippen LogP contribution in [0.1, 0.15) is 37.7 Å². The van der Waals surface area contributed by atoms with E-state index in [9.17, 15) is 4.79 Å². The van der Waals surface area contributed by atoms with Gasteiger partial charge in [-0.1, -0.05) is 0 Å². The molecule has 102 valence electrons. The van der Waals surface area contributed by atoms with Gasteiger partial charge in [-0.2, -0.15) is 0 Å². The molecular formula is C15H21N3O. The number of pyridine rings is 1. The molecule has 2 aliphatic carbocycles. The zero-order chi connectivity index (χ0) is 13.2. The van der Waals surface area contributed by atoms with Crippen molar-refractivity contribution in [2.75, 3.05) is 0 Å². The summed E-state index contributed by atoms with van der Waals surface area (Å²) in [7, 11) is 0. The largest absolute Gasteiger partial charge is 0.335 e. The van der Waals surface area contributed by atoms with Crippen molar-refractivity contribution in [1.29, 1.82) is 0 Å². The predicted octanol–water partition coefficient (Wildman–Crippen LogP) is 1.70. The van der Waals surface area contributed by atoms with Crippen LogP contribution in [0, 0.1) is 5.92 Å². The molecule has 2 saturated carbocycles. The molecule has 0 spiro atoms. The maximum absolute atomic E-state index is 12.4. The second-order valence-electron chi connectivity index (χ2n) is 5.81. The lowest BCUT2D eigenvalue weighted by Gasteiger charge is -2.24. The molecule has 1 heterocycles. The Labute approximate surface area is 114 Å². The van der Waals surface area contributed by atoms with E-state index in [2.05, 4.69) is 4.98 Å². The van der Waals surface area contributed by atoms with Crippen molar-refractivity contribution in [2.45, 2.75) is 50.7 Å². The van der Waals surface area contributed by atoms with E-state index in [1.165, 1.54) is 12.8 Å². The SMILES string of the molecule is NC(CC(=O)N(Cc1ccncc1)C1CC1)C1CC1. The number of aromatic nitrogens is 1. The van der Waals surface area contributed by atoms with Gasteiger partial charge in [-0.3, -0.25) is 9.78 Å². The molecule has 1 aromatic heterocycles. The quantitative estimate of drug-likeness (QED) is 0.846. The summed E-state index contributed by atoms with van der Waals surface area (Å²) in [6.07, 6.45) is 8.73. The summed E-state index contributed by atoms with van der Waals surface area (Å²) in [5.74, 6) is 0.810. The Morgan fingerprint density at radius 2 is 2.00 bits per heavy atom. The van der Waals surface area contributed by atoms with Gasteiger partial charge in [0.15, 0.2) is 0 Å². The Hall–Kier alpha value is -1.42. The van der Waals surface area contributed by atoms with Crippen molar-refractivity contribution in [3.8, 4) is 0 Å². The standard InChI is InChI=1S/C15H21N3O/c16-14(12-1-2-12)9-15(19)18(13-3-4-13)10-11-5-7-17-8-6-11/h5-8,12-14H,1-4,9-10,16H2. The van der Waals surface area contributed by atoms with Gasteiger partial charge in [-0.05, 0) is 49.3 Å². The van der Waals surface area contributed by atoms with Crippen molar-refractivity contribution in [3.63, 3.8) is 0 Å². The van der Waals surface area contributed by atoms with E-state index in [1.807, 2.05) is 17.0 Å². The van der Waals surface area contributed by atoms with Gasteiger partial charge < -0.3 is 10.6 Å². The van der Waals surface area contributed by atoms with Gasteiger partial charge in [0.25, 0.3) is 0 Å². The normalized spacial score (nSPS) is 20.1. The van der Waals surface area contributed by atoms with Crippen LogP contribution in [0.25, 0.3) is 0 Å². The summed E-state index contributed by atoms with van der Waals surface area (Å²) in [5.41, 5.74) is 7.22. The molecule has 4 heteroatoms. The number of hydrogen-bond donors (Lipinski definition) is 1. The highest BCUT2D eigenvalue weighted by Crippen LogP contribution is 2.34. The molecule has 2 N–H and O–H groups in total. The van der Waals surface area contributed by atoms with Gasteiger partial charge in [-0.15, -0.1) is 0 Å². The lowest BCUT2D eigenvalue weighted by molar-refractivity contribution is -0.132. The lowest BCUT2D eigenvalue weighted by atomic mass is 10.1. The topological polar surface area (TPSA) is 59.2 Å². The maximum Gasteiger partial charge on any atom is 0.224 e.